The van der Waals surface area contributed by atoms with Gasteiger partial charge in [-0.15, -0.1) is 0 Å². The summed E-state index contributed by atoms with van der Waals surface area (Å²) in [6.07, 6.45) is 6.58. The summed E-state index contributed by atoms with van der Waals surface area (Å²) < 4.78 is 5.30. The number of amides is 1. The molecule has 10 nitrogen and oxygen atoms in total. The molecule has 1 saturated heterocycles. The number of likely N-dealkylation sites (N-methyl/N-ethyl adjacent to an activating group) is 1. The van der Waals surface area contributed by atoms with Crippen molar-refractivity contribution >= 4 is 24.0 Å². The highest BCUT2D eigenvalue weighted by atomic mass is 16.5. The highest BCUT2D eigenvalue weighted by molar-refractivity contribution is 5.80. The number of rotatable bonds is 10. The average Bonchev–Trinajstić information content (AvgIpc) is 2.71. The number of amidine groups is 1. The van der Waals surface area contributed by atoms with Crippen molar-refractivity contribution in [2.24, 2.45) is 34.4 Å². The summed E-state index contributed by atoms with van der Waals surface area (Å²) in [7, 11) is 1.55. The SMILES string of the molecule is CN(CC=O)C(=O)CCOC(=O)C1CC2CC(CC/C(N)=N/NN)CCC2CN1. The third-order valence-electron chi connectivity index (χ3n) is 6.05. The number of nitrogens with two attached hydrogens (primary N) is 2. The lowest BCUT2D eigenvalue weighted by Crippen LogP contribution is -2.50. The summed E-state index contributed by atoms with van der Waals surface area (Å²) in [5.41, 5.74) is 8.01. The van der Waals surface area contributed by atoms with Gasteiger partial charge in [0.2, 0.25) is 5.91 Å². The fourth-order valence-corrected chi connectivity index (χ4v) is 4.34. The van der Waals surface area contributed by atoms with E-state index in [1.165, 1.54) is 4.90 Å². The number of carbonyl (C=O) groups is 3. The van der Waals surface area contributed by atoms with Crippen molar-refractivity contribution in [1.29, 1.82) is 0 Å². The molecule has 1 aliphatic carbocycles. The van der Waals surface area contributed by atoms with E-state index in [2.05, 4.69) is 16.0 Å². The van der Waals surface area contributed by atoms with Crippen molar-refractivity contribution in [3.8, 4) is 0 Å². The number of esters is 1. The summed E-state index contributed by atoms with van der Waals surface area (Å²) in [6, 6.07) is -0.328. The maximum Gasteiger partial charge on any atom is 0.323 e. The number of fused-ring (bicyclic) bond motifs is 1. The summed E-state index contributed by atoms with van der Waals surface area (Å²) in [6.45, 7) is 0.893. The Bertz CT molecular complexity index is 599. The topological polar surface area (TPSA) is 152 Å². The van der Waals surface area contributed by atoms with Crippen LogP contribution in [-0.4, -0.2) is 61.7 Å². The second-order valence-corrected chi connectivity index (χ2v) is 8.03. The molecule has 1 amide bonds. The van der Waals surface area contributed by atoms with Gasteiger partial charge in [0.05, 0.1) is 13.0 Å². The number of ether oxygens (including phenoxy) is 1. The lowest BCUT2D eigenvalue weighted by molar-refractivity contribution is -0.149. The Kier molecular flexibility index (Phi) is 9.33. The Labute approximate surface area is 171 Å². The Hall–Kier alpha value is -2.20. The number of carbonyl (C=O) groups excluding carboxylic acids is 3. The first-order valence-electron chi connectivity index (χ1n) is 10.3. The molecule has 2 aliphatic rings. The van der Waals surface area contributed by atoms with Gasteiger partial charge in [-0.3, -0.25) is 9.59 Å². The van der Waals surface area contributed by atoms with Gasteiger partial charge in [0, 0.05) is 13.5 Å². The molecule has 1 heterocycles. The van der Waals surface area contributed by atoms with Gasteiger partial charge in [-0.1, -0.05) is 6.42 Å². The van der Waals surface area contributed by atoms with Crippen LogP contribution in [0.3, 0.4) is 0 Å². The Morgan fingerprint density at radius 3 is 2.79 bits per heavy atom. The molecule has 4 atom stereocenters. The Morgan fingerprint density at radius 1 is 1.28 bits per heavy atom. The molecule has 2 rings (SSSR count). The molecule has 1 saturated carbocycles. The predicted octanol–water partition coefficient (Wildman–Crippen LogP) is -0.513. The van der Waals surface area contributed by atoms with E-state index in [0.717, 1.165) is 38.6 Å². The van der Waals surface area contributed by atoms with E-state index in [4.69, 9.17) is 16.3 Å². The largest absolute Gasteiger partial charge is 0.464 e. The molecule has 2 fully saturated rings. The summed E-state index contributed by atoms with van der Waals surface area (Å²) in [5, 5.41) is 7.10. The molecular formula is C19H34N6O4. The first kappa shape index (κ1) is 23.1. The van der Waals surface area contributed by atoms with Crippen molar-refractivity contribution in [1.82, 2.24) is 15.8 Å². The maximum atomic E-state index is 12.4. The molecule has 0 radical (unpaired) electrons. The summed E-state index contributed by atoms with van der Waals surface area (Å²) >= 11 is 0. The molecule has 29 heavy (non-hydrogen) atoms. The standard InChI is InChI=1S/C19H34N6O4/c1-25(7-8-26)18(27)6-9-29-19(28)16-11-15-10-13(2-4-14(15)12-22-16)3-5-17(20)23-24-21/h8,13-16,22,24H,2-7,9-12,21H2,1H3,(H2,20,23). The zero-order valence-corrected chi connectivity index (χ0v) is 17.1. The Balaban J connectivity index is 1.74. The predicted molar refractivity (Wildman–Crippen MR) is 108 cm³/mol. The first-order chi connectivity index (χ1) is 13.9. The van der Waals surface area contributed by atoms with Crippen LogP contribution in [0.15, 0.2) is 5.10 Å². The lowest BCUT2D eigenvalue weighted by atomic mass is 9.69. The van der Waals surface area contributed by atoms with Crippen molar-refractivity contribution in [2.45, 2.75) is 51.0 Å². The van der Waals surface area contributed by atoms with E-state index in [1.54, 1.807) is 7.05 Å². The van der Waals surface area contributed by atoms with Gasteiger partial charge in [0.25, 0.3) is 0 Å². The van der Waals surface area contributed by atoms with Crippen LogP contribution in [0, 0.1) is 17.8 Å². The van der Waals surface area contributed by atoms with Crippen molar-refractivity contribution in [3.05, 3.63) is 0 Å². The van der Waals surface area contributed by atoms with E-state index in [-0.39, 0.29) is 37.5 Å². The number of aldehydes is 1. The van der Waals surface area contributed by atoms with E-state index < -0.39 is 0 Å². The van der Waals surface area contributed by atoms with Crippen LogP contribution in [0.2, 0.25) is 0 Å². The van der Waals surface area contributed by atoms with Crippen molar-refractivity contribution in [3.63, 3.8) is 0 Å². The fraction of sp³-hybridized carbons (Fsp3) is 0.789. The highest BCUT2D eigenvalue weighted by Gasteiger charge is 2.38. The van der Waals surface area contributed by atoms with Gasteiger partial charge in [0.1, 0.15) is 24.8 Å². The third-order valence-corrected chi connectivity index (χ3v) is 6.05. The minimum atomic E-state index is -0.328. The van der Waals surface area contributed by atoms with Gasteiger partial charge in [-0.2, -0.15) is 5.10 Å². The van der Waals surface area contributed by atoms with Crippen LogP contribution < -0.4 is 22.4 Å². The minimum absolute atomic E-state index is 0.0313. The zero-order valence-electron chi connectivity index (χ0n) is 17.1. The average molecular weight is 411 g/mol. The molecule has 0 spiro atoms. The molecule has 164 valence electrons. The monoisotopic (exact) mass is 410 g/mol. The van der Waals surface area contributed by atoms with Crippen LogP contribution in [0.1, 0.15) is 44.9 Å². The van der Waals surface area contributed by atoms with Crippen molar-refractivity contribution < 1.29 is 19.1 Å². The van der Waals surface area contributed by atoms with Crippen LogP contribution >= 0.6 is 0 Å². The number of hydrazine groups is 1. The number of hydrogen-bond donors (Lipinski definition) is 4. The van der Waals surface area contributed by atoms with Crippen LogP contribution in [0.5, 0.6) is 0 Å². The van der Waals surface area contributed by atoms with Crippen LogP contribution in [0.4, 0.5) is 0 Å². The van der Waals surface area contributed by atoms with E-state index in [1.807, 2.05) is 0 Å². The normalized spacial score (nSPS) is 26.9. The van der Waals surface area contributed by atoms with E-state index in [0.29, 0.717) is 36.3 Å². The molecule has 6 N–H and O–H groups in total. The number of nitrogens with zero attached hydrogens (tertiary/aromatic N) is 2. The molecule has 10 heteroatoms. The van der Waals surface area contributed by atoms with Crippen LogP contribution in [0.25, 0.3) is 0 Å². The van der Waals surface area contributed by atoms with Gasteiger partial charge in [0.15, 0.2) is 0 Å². The fourth-order valence-electron chi connectivity index (χ4n) is 4.34. The zero-order chi connectivity index (χ0) is 21.2. The molecule has 0 bridgehead atoms. The number of hydrazone groups is 1. The molecule has 0 aromatic rings. The van der Waals surface area contributed by atoms with Gasteiger partial charge in [-0.25, -0.2) is 11.4 Å². The van der Waals surface area contributed by atoms with E-state index in [9.17, 15) is 14.4 Å². The molecule has 0 aromatic carbocycles. The lowest BCUT2D eigenvalue weighted by Gasteiger charge is -2.42. The smallest absolute Gasteiger partial charge is 0.323 e. The van der Waals surface area contributed by atoms with Gasteiger partial charge < -0.3 is 25.5 Å². The first-order valence-corrected chi connectivity index (χ1v) is 10.3. The summed E-state index contributed by atoms with van der Waals surface area (Å²) in [4.78, 5) is 36.0. The second-order valence-electron chi connectivity index (χ2n) is 8.03. The number of nitrogens with one attached hydrogen (secondary N) is 2. The highest BCUT2D eigenvalue weighted by Crippen LogP contribution is 2.40. The third kappa shape index (κ3) is 7.28. The molecule has 0 aromatic heterocycles. The number of hydrogen-bond acceptors (Lipinski definition) is 8. The molecular weight excluding hydrogens is 376 g/mol. The quantitative estimate of drug-likeness (QED) is 0.0938. The second kappa shape index (κ2) is 11.7. The van der Waals surface area contributed by atoms with Gasteiger partial charge in [-0.05, 0) is 50.0 Å². The minimum Gasteiger partial charge on any atom is -0.464 e. The summed E-state index contributed by atoms with van der Waals surface area (Å²) in [5.74, 6) is 6.78. The van der Waals surface area contributed by atoms with E-state index >= 15 is 0 Å². The van der Waals surface area contributed by atoms with Crippen molar-refractivity contribution in [2.75, 3.05) is 26.7 Å². The van der Waals surface area contributed by atoms with Gasteiger partial charge >= 0.3 is 5.97 Å². The number of piperidine rings is 1. The Morgan fingerprint density at radius 2 is 2.07 bits per heavy atom. The van der Waals surface area contributed by atoms with Crippen LogP contribution in [-0.2, 0) is 19.1 Å². The maximum absolute atomic E-state index is 12.4. The molecule has 4 unspecified atom stereocenters. The molecule has 1 aliphatic heterocycles.